The van der Waals surface area contributed by atoms with Crippen molar-refractivity contribution in [3.05, 3.63) is 57.6 Å². The lowest BCUT2D eigenvalue weighted by molar-refractivity contribution is -0.00633. The summed E-state index contributed by atoms with van der Waals surface area (Å²) in [5.41, 5.74) is 7.01. The van der Waals surface area contributed by atoms with Crippen LogP contribution in [-0.4, -0.2) is 34.7 Å². The van der Waals surface area contributed by atoms with E-state index in [9.17, 15) is 10.2 Å². The Morgan fingerprint density at radius 1 is 0.592 bits per heavy atom. The Labute approximate surface area is 295 Å². The van der Waals surface area contributed by atoms with Crippen LogP contribution in [0, 0.1) is 42.4 Å². The third kappa shape index (κ3) is 5.70. The van der Waals surface area contributed by atoms with Crippen molar-refractivity contribution >= 4 is 12.4 Å². The molecule has 0 spiro atoms. The summed E-state index contributed by atoms with van der Waals surface area (Å²) >= 11 is 0. The van der Waals surface area contributed by atoms with Crippen LogP contribution in [-0.2, 0) is 16.2 Å². The van der Waals surface area contributed by atoms with Crippen LogP contribution in [0.5, 0.6) is 11.5 Å². The zero-order valence-electron chi connectivity index (χ0n) is 30.7. The first kappa shape index (κ1) is 32.3. The first-order valence-corrected chi connectivity index (χ1v) is 20.2. The van der Waals surface area contributed by atoms with Crippen LogP contribution >= 0.6 is 0 Å². The molecular weight excluding hydrogens is 601 g/mol. The molecular formula is C45H60N2O2. The number of rotatable bonds is 6. The fourth-order valence-corrected chi connectivity index (χ4v) is 13.6. The predicted octanol–water partition coefficient (Wildman–Crippen LogP) is 10.5. The van der Waals surface area contributed by atoms with E-state index in [1.165, 1.54) is 99.3 Å². The molecule has 0 heterocycles. The van der Waals surface area contributed by atoms with Crippen molar-refractivity contribution in [2.45, 2.75) is 159 Å². The molecule has 49 heavy (non-hydrogen) atoms. The van der Waals surface area contributed by atoms with Gasteiger partial charge in [-0.15, -0.1) is 0 Å². The quantitative estimate of drug-likeness (QED) is 0.303. The molecule has 0 saturated heterocycles. The van der Waals surface area contributed by atoms with E-state index in [4.69, 9.17) is 9.98 Å². The summed E-state index contributed by atoms with van der Waals surface area (Å²) in [6, 6.07) is 9.18. The van der Waals surface area contributed by atoms with Gasteiger partial charge >= 0.3 is 0 Å². The molecule has 0 aliphatic heterocycles. The first-order chi connectivity index (χ1) is 23.5. The smallest absolute Gasteiger partial charge is 0.128 e. The maximum Gasteiger partial charge on any atom is 0.128 e. The second-order valence-corrected chi connectivity index (χ2v) is 19.8. The lowest BCUT2D eigenvalue weighted by Gasteiger charge is -2.57. The topological polar surface area (TPSA) is 65.2 Å². The Kier molecular flexibility index (Phi) is 7.72. The molecule has 9 saturated carbocycles. The van der Waals surface area contributed by atoms with Gasteiger partial charge in [0, 0.05) is 34.7 Å². The van der Waals surface area contributed by atoms with E-state index < -0.39 is 0 Å². The van der Waals surface area contributed by atoms with E-state index in [-0.39, 0.29) is 28.3 Å². The molecule has 9 fully saturated rings. The molecule has 0 amide bonds. The number of hydrogen-bond donors (Lipinski definition) is 2. The summed E-state index contributed by atoms with van der Waals surface area (Å²) in [6.07, 6.45) is 24.2. The molecule has 2 aromatic carbocycles. The van der Waals surface area contributed by atoms with Gasteiger partial charge in [0.05, 0.1) is 12.1 Å². The van der Waals surface area contributed by atoms with Gasteiger partial charge in [-0.25, -0.2) is 0 Å². The maximum absolute atomic E-state index is 12.0. The van der Waals surface area contributed by atoms with E-state index in [0.717, 1.165) is 72.3 Å². The number of aromatic hydroxyl groups is 2. The first-order valence-electron chi connectivity index (χ1n) is 20.2. The van der Waals surface area contributed by atoms with Crippen molar-refractivity contribution < 1.29 is 10.2 Å². The molecule has 0 unspecified atom stereocenters. The molecule has 0 radical (unpaired) electrons. The Balaban J connectivity index is 1.00. The summed E-state index contributed by atoms with van der Waals surface area (Å²) < 4.78 is 0. The summed E-state index contributed by atoms with van der Waals surface area (Å²) in [5, 5.41) is 23.8. The minimum absolute atomic E-state index is 0.00412. The number of phenolic OH excluding ortho intramolecular Hbond substituents is 2. The van der Waals surface area contributed by atoms with Crippen molar-refractivity contribution in [3.63, 3.8) is 0 Å². The summed E-state index contributed by atoms with van der Waals surface area (Å²) in [6.45, 7) is 9.07. The summed E-state index contributed by atoms with van der Waals surface area (Å²) in [5.74, 6) is 5.99. The van der Waals surface area contributed by atoms with Crippen molar-refractivity contribution in [3.8, 4) is 11.5 Å². The van der Waals surface area contributed by atoms with Crippen molar-refractivity contribution in [2.24, 2.45) is 45.5 Å². The van der Waals surface area contributed by atoms with Gasteiger partial charge in [-0.05, 0) is 172 Å². The molecule has 262 valence electrons. The maximum atomic E-state index is 12.0. The third-order valence-corrected chi connectivity index (χ3v) is 15.0. The lowest BCUT2D eigenvalue weighted by atomic mass is 9.47. The van der Waals surface area contributed by atoms with Gasteiger partial charge in [0.25, 0.3) is 0 Å². The van der Waals surface area contributed by atoms with Gasteiger partial charge in [0.15, 0.2) is 0 Å². The highest BCUT2D eigenvalue weighted by Crippen LogP contribution is 2.63. The number of nitrogens with zero attached hydrogens (tertiary/aromatic N) is 2. The van der Waals surface area contributed by atoms with E-state index in [0.29, 0.717) is 11.5 Å². The van der Waals surface area contributed by atoms with E-state index in [2.05, 4.69) is 52.0 Å². The Morgan fingerprint density at radius 3 is 1.39 bits per heavy atom. The zero-order valence-corrected chi connectivity index (χ0v) is 30.7. The van der Waals surface area contributed by atoms with Crippen LogP contribution in [0.2, 0.25) is 0 Å². The highest BCUT2D eigenvalue weighted by molar-refractivity contribution is 5.86. The minimum Gasteiger partial charge on any atom is -0.507 e. The molecule has 2 atom stereocenters. The van der Waals surface area contributed by atoms with Crippen molar-refractivity contribution in [2.75, 3.05) is 0 Å². The summed E-state index contributed by atoms with van der Waals surface area (Å²) in [4.78, 5) is 10.4. The van der Waals surface area contributed by atoms with E-state index in [1.54, 1.807) is 0 Å². The fourth-order valence-electron chi connectivity index (χ4n) is 13.6. The number of aryl methyl sites for hydroxylation is 1. The molecule has 11 rings (SSSR count). The average Bonchev–Trinajstić information content (AvgIpc) is 3.03. The van der Waals surface area contributed by atoms with E-state index in [1.807, 2.05) is 12.4 Å². The number of hydrogen-bond acceptors (Lipinski definition) is 4. The van der Waals surface area contributed by atoms with Gasteiger partial charge in [-0.1, -0.05) is 45.7 Å². The average molecular weight is 661 g/mol. The van der Waals surface area contributed by atoms with Crippen LogP contribution in [0.4, 0.5) is 0 Å². The number of aliphatic imine (C=N–C) groups is 2. The number of phenols is 2. The van der Waals surface area contributed by atoms with Gasteiger partial charge in [-0.2, -0.15) is 0 Å². The van der Waals surface area contributed by atoms with Crippen molar-refractivity contribution in [1.29, 1.82) is 0 Å². The normalized spacial score (nSPS) is 39.5. The Bertz CT molecular complexity index is 1600. The minimum atomic E-state index is -0.00412. The molecule has 4 heteroatoms. The molecule has 9 aliphatic carbocycles. The Hall–Kier alpha value is -2.62. The van der Waals surface area contributed by atoms with Gasteiger partial charge in [0.1, 0.15) is 11.5 Å². The number of benzene rings is 2. The van der Waals surface area contributed by atoms with E-state index >= 15 is 0 Å². The third-order valence-electron chi connectivity index (χ3n) is 15.0. The molecule has 8 bridgehead atoms. The summed E-state index contributed by atoms with van der Waals surface area (Å²) in [7, 11) is 0. The molecule has 4 nitrogen and oxygen atoms in total. The standard InChI is InChI=1S/C45H60N2O2/c1-27-9-34(41(48)37(10-27)44-19-28-11-29(20-44)13-30(12-28)21-44)25-46-39-7-5-6-8-40(39)47-26-35-17-36(43(2,3)4)18-38(42(35)49)45-22-31-14-32(23-45)16-33(15-31)24-45/h9-10,17-18,25-26,28-33,39-40,48-49H,5-8,11-16,19-24H2,1-4H3/b46-25+,47-26+/t28?,29?,30?,31?,32?,33?,39-,40-,44?,45?/m1/s1. The highest BCUT2D eigenvalue weighted by atomic mass is 16.3. The Morgan fingerprint density at radius 2 is 0.980 bits per heavy atom. The van der Waals surface area contributed by atoms with Crippen LogP contribution in [0.15, 0.2) is 34.3 Å². The largest absolute Gasteiger partial charge is 0.507 e. The lowest BCUT2D eigenvalue weighted by Crippen LogP contribution is -2.48. The molecule has 0 aromatic heterocycles. The van der Waals surface area contributed by atoms with Gasteiger partial charge < -0.3 is 10.2 Å². The fraction of sp³-hybridized carbons (Fsp3) is 0.689. The molecule has 9 aliphatic rings. The second-order valence-electron chi connectivity index (χ2n) is 19.8. The van der Waals surface area contributed by atoms with Crippen LogP contribution < -0.4 is 0 Å². The van der Waals surface area contributed by atoms with Crippen LogP contribution in [0.3, 0.4) is 0 Å². The van der Waals surface area contributed by atoms with Gasteiger partial charge in [-0.3, -0.25) is 9.98 Å². The monoisotopic (exact) mass is 660 g/mol. The predicted molar refractivity (Wildman–Crippen MR) is 201 cm³/mol. The van der Waals surface area contributed by atoms with Crippen LogP contribution in [0.1, 0.15) is 157 Å². The zero-order chi connectivity index (χ0) is 33.7. The molecule has 2 aromatic rings. The molecule has 2 N–H and O–H groups in total. The van der Waals surface area contributed by atoms with Crippen molar-refractivity contribution in [1.82, 2.24) is 0 Å². The van der Waals surface area contributed by atoms with Crippen LogP contribution in [0.25, 0.3) is 0 Å². The SMILES string of the molecule is Cc1cc(/C=N/[C@@H]2CCCC[C@H]2/N=C/c2cc(C(C)(C)C)cc(C34CC5CC(CC(C5)C3)C4)c2O)c(O)c(C23CC4CC(CC(C4)C2)C3)c1. The second kappa shape index (κ2) is 11.7. The highest BCUT2D eigenvalue weighted by Gasteiger charge is 2.54. The van der Waals surface area contributed by atoms with Gasteiger partial charge in [0.2, 0.25) is 0 Å².